The number of amides is 1. The molecule has 0 saturated carbocycles. The first-order valence-electron chi connectivity index (χ1n) is 7.94. The van der Waals surface area contributed by atoms with E-state index in [2.05, 4.69) is 21.2 Å². The van der Waals surface area contributed by atoms with Crippen LogP contribution >= 0.6 is 27.3 Å². The van der Waals surface area contributed by atoms with Crippen molar-refractivity contribution in [2.45, 2.75) is 13.8 Å². The topological polar surface area (TPSA) is 68.5 Å². The molecular formula is C19H16BrNO4S. The van der Waals surface area contributed by atoms with Crippen molar-refractivity contribution in [3.63, 3.8) is 0 Å². The summed E-state index contributed by atoms with van der Waals surface area (Å²) in [5.41, 5.74) is 2.02. The zero-order chi connectivity index (χ0) is 18.7. The lowest BCUT2D eigenvalue weighted by Crippen LogP contribution is -2.14. The third kappa shape index (κ3) is 3.73. The van der Waals surface area contributed by atoms with E-state index in [9.17, 15) is 9.59 Å². The average molecular weight is 434 g/mol. The van der Waals surface area contributed by atoms with Crippen molar-refractivity contribution in [1.29, 1.82) is 0 Å². The Hall–Kier alpha value is -2.38. The fourth-order valence-corrected chi connectivity index (χ4v) is 3.95. The Labute approximate surface area is 163 Å². The number of hydrogen-bond acceptors (Lipinski definition) is 5. The monoisotopic (exact) mass is 433 g/mol. The molecular weight excluding hydrogens is 418 g/mol. The smallest absolute Gasteiger partial charge is 0.341 e. The first-order valence-corrected chi connectivity index (χ1v) is 9.54. The van der Waals surface area contributed by atoms with Gasteiger partial charge in [-0.3, -0.25) is 4.79 Å². The van der Waals surface area contributed by atoms with Crippen LogP contribution in [-0.4, -0.2) is 18.5 Å². The van der Waals surface area contributed by atoms with E-state index in [0.29, 0.717) is 15.2 Å². The summed E-state index contributed by atoms with van der Waals surface area (Å²) in [7, 11) is 0. The molecule has 1 N–H and O–H groups in total. The molecule has 2 heterocycles. The van der Waals surface area contributed by atoms with E-state index < -0.39 is 11.9 Å². The fourth-order valence-electron chi connectivity index (χ4n) is 2.58. The SMILES string of the molecule is CCOC(=O)c1c(NC(=O)c2ccc(Br)o2)sc(C)c1-c1ccccc1. The largest absolute Gasteiger partial charge is 0.462 e. The number of aryl methyl sites for hydroxylation is 1. The summed E-state index contributed by atoms with van der Waals surface area (Å²) in [6, 6.07) is 12.8. The van der Waals surface area contributed by atoms with E-state index >= 15 is 0 Å². The number of carbonyl (C=O) groups is 2. The molecule has 0 unspecified atom stereocenters. The lowest BCUT2D eigenvalue weighted by atomic mass is 10.0. The van der Waals surface area contributed by atoms with Crippen LogP contribution in [-0.2, 0) is 4.74 Å². The molecule has 0 saturated heterocycles. The van der Waals surface area contributed by atoms with Crippen LogP contribution in [0.1, 0.15) is 32.7 Å². The van der Waals surface area contributed by atoms with Gasteiger partial charge in [0.25, 0.3) is 5.91 Å². The third-order valence-electron chi connectivity index (χ3n) is 3.65. The second-order valence-electron chi connectivity index (χ2n) is 5.38. The highest BCUT2D eigenvalue weighted by molar-refractivity contribution is 9.10. The molecule has 0 atom stereocenters. The van der Waals surface area contributed by atoms with Crippen LogP contribution in [0, 0.1) is 6.92 Å². The number of hydrogen-bond donors (Lipinski definition) is 1. The summed E-state index contributed by atoms with van der Waals surface area (Å²) in [6.45, 7) is 3.91. The minimum Gasteiger partial charge on any atom is -0.462 e. The first-order chi connectivity index (χ1) is 12.5. The molecule has 5 nitrogen and oxygen atoms in total. The van der Waals surface area contributed by atoms with Gasteiger partial charge in [0.2, 0.25) is 0 Å². The van der Waals surface area contributed by atoms with Crippen LogP contribution in [0.5, 0.6) is 0 Å². The molecule has 1 amide bonds. The molecule has 0 bridgehead atoms. The quantitative estimate of drug-likeness (QED) is 0.538. The molecule has 1 aromatic carbocycles. The van der Waals surface area contributed by atoms with Crippen molar-refractivity contribution < 1.29 is 18.7 Å². The van der Waals surface area contributed by atoms with Crippen molar-refractivity contribution >= 4 is 44.1 Å². The highest BCUT2D eigenvalue weighted by Gasteiger charge is 2.26. The summed E-state index contributed by atoms with van der Waals surface area (Å²) < 4.78 is 11.0. The highest BCUT2D eigenvalue weighted by Crippen LogP contribution is 2.40. The molecule has 134 valence electrons. The van der Waals surface area contributed by atoms with Gasteiger partial charge >= 0.3 is 5.97 Å². The summed E-state index contributed by atoms with van der Waals surface area (Å²) in [4.78, 5) is 26.0. The fraction of sp³-hybridized carbons (Fsp3) is 0.158. The van der Waals surface area contributed by atoms with Crippen LogP contribution < -0.4 is 5.32 Å². The molecule has 0 aliphatic heterocycles. The minimum absolute atomic E-state index is 0.152. The average Bonchev–Trinajstić information content (AvgIpc) is 3.19. The van der Waals surface area contributed by atoms with Gasteiger partial charge in [0.05, 0.1) is 6.61 Å². The van der Waals surface area contributed by atoms with Crippen molar-refractivity contribution in [1.82, 2.24) is 0 Å². The van der Waals surface area contributed by atoms with Gasteiger partial charge < -0.3 is 14.5 Å². The molecule has 0 aliphatic rings. The molecule has 3 rings (SSSR count). The molecule has 7 heteroatoms. The number of furan rings is 1. The van der Waals surface area contributed by atoms with Gasteiger partial charge in [0, 0.05) is 10.4 Å². The van der Waals surface area contributed by atoms with Gasteiger partial charge in [-0.2, -0.15) is 0 Å². The van der Waals surface area contributed by atoms with E-state index in [1.54, 1.807) is 19.1 Å². The number of thiophene rings is 1. The predicted octanol–water partition coefficient (Wildman–Crippen LogP) is 5.51. The second-order valence-corrected chi connectivity index (χ2v) is 7.39. The Bertz CT molecular complexity index is 946. The normalized spacial score (nSPS) is 10.6. The molecule has 26 heavy (non-hydrogen) atoms. The Kier molecular flexibility index (Phi) is 5.58. The third-order valence-corrected chi connectivity index (χ3v) is 5.10. The van der Waals surface area contributed by atoms with Gasteiger partial charge in [0.1, 0.15) is 10.6 Å². The maximum absolute atomic E-state index is 12.6. The van der Waals surface area contributed by atoms with Gasteiger partial charge in [0.15, 0.2) is 10.4 Å². The Morgan fingerprint density at radius 2 is 1.92 bits per heavy atom. The Morgan fingerprint density at radius 3 is 2.54 bits per heavy atom. The maximum atomic E-state index is 12.6. The Morgan fingerprint density at radius 1 is 1.19 bits per heavy atom. The molecule has 0 aliphatic carbocycles. The lowest BCUT2D eigenvalue weighted by molar-refractivity contribution is 0.0529. The minimum atomic E-state index is -0.466. The summed E-state index contributed by atoms with van der Waals surface area (Å²) in [5, 5.41) is 3.22. The zero-order valence-electron chi connectivity index (χ0n) is 14.2. The van der Waals surface area contributed by atoms with Crippen LogP contribution in [0.2, 0.25) is 0 Å². The number of rotatable bonds is 5. The van der Waals surface area contributed by atoms with Crippen molar-refractivity contribution in [3.8, 4) is 11.1 Å². The van der Waals surface area contributed by atoms with E-state index in [1.165, 1.54) is 11.3 Å². The van der Waals surface area contributed by atoms with Crippen molar-refractivity contribution in [2.24, 2.45) is 0 Å². The van der Waals surface area contributed by atoms with Crippen LogP contribution in [0.3, 0.4) is 0 Å². The molecule has 0 fully saturated rings. The van der Waals surface area contributed by atoms with Crippen molar-refractivity contribution in [3.05, 3.63) is 63.3 Å². The predicted molar refractivity (Wildman–Crippen MR) is 105 cm³/mol. The van der Waals surface area contributed by atoms with E-state index in [4.69, 9.17) is 9.15 Å². The van der Waals surface area contributed by atoms with E-state index in [-0.39, 0.29) is 12.4 Å². The van der Waals surface area contributed by atoms with Gasteiger partial charge in [-0.05, 0) is 47.5 Å². The van der Waals surface area contributed by atoms with Crippen molar-refractivity contribution in [2.75, 3.05) is 11.9 Å². The molecule has 0 spiro atoms. The van der Waals surface area contributed by atoms with Crippen LogP contribution in [0.4, 0.5) is 5.00 Å². The maximum Gasteiger partial charge on any atom is 0.341 e. The second kappa shape index (κ2) is 7.88. The number of carbonyl (C=O) groups excluding carboxylic acids is 2. The molecule has 2 aromatic heterocycles. The summed E-state index contributed by atoms with van der Waals surface area (Å²) in [6.07, 6.45) is 0. The lowest BCUT2D eigenvalue weighted by Gasteiger charge is -2.08. The van der Waals surface area contributed by atoms with Gasteiger partial charge in [-0.15, -0.1) is 11.3 Å². The summed E-state index contributed by atoms with van der Waals surface area (Å²) in [5.74, 6) is -0.743. The number of esters is 1. The van der Waals surface area contributed by atoms with Crippen LogP contribution in [0.25, 0.3) is 11.1 Å². The van der Waals surface area contributed by atoms with Gasteiger partial charge in [-0.1, -0.05) is 30.3 Å². The van der Waals surface area contributed by atoms with E-state index in [0.717, 1.165) is 16.0 Å². The Balaban J connectivity index is 2.04. The summed E-state index contributed by atoms with van der Waals surface area (Å²) >= 11 is 4.51. The highest BCUT2D eigenvalue weighted by atomic mass is 79.9. The van der Waals surface area contributed by atoms with Gasteiger partial charge in [-0.25, -0.2) is 4.79 Å². The van der Waals surface area contributed by atoms with E-state index in [1.807, 2.05) is 37.3 Å². The van der Waals surface area contributed by atoms with Crippen LogP contribution in [0.15, 0.2) is 51.6 Å². The number of ether oxygens (including phenoxy) is 1. The standard InChI is InChI=1S/C19H16BrNO4S/c1-3-24-19(23)16-15(12-7-5-4-6-8-12)11(2)26-18(16)21-17(22)13-9-10-14(20)25-13/h4-10H,3H2,1-2H3,(H,21,22). The molecule has 0 radical (unpaired) electrons. The number of anilines is 1. The number of halogens is 1. The molecule has 3 aromatic rings. The number of nitrogens with one attached hydrogen (secondary N) is 1. The first kappa shape index (κ1) is 18.4. The number of benzene rings is 1. The zero-order valence-corrected chi connectivity index (χ0v) is 16.6.